The number of Topliss-reactive ketones (excluding diaryl/α,β-unsaturated/α-hetero) is 1. The number of halogens is 1. The molecule has 3 rings (SSSR count). The second-order valence-corrected chi connectivity index (χ2v) is 6.35. The molecule has 2 aromatic heterocycles. The molecule has 2 heterocycles. The average molecular weight is 321 g/mol. The Kier molecular flexibility index (Phi) is 3.01. The Hall–Kier alpha value is -1.46. The maximum absolute atomic E-state index is 12.1. The van der Waals surface area contributed by atoms with Gasteiger partial charge in [-0.05, 0) is 34.1 Å². The van der Waals surface area contributed by atoms with Crippen molar-refractivity contribution in [1.29, 1.82) is 0 Å². The number of hydrogen-bond acceptors (Lipinski definition) is 3. The smallest absolute Gasteiger partial charge is 0.194 e. The van der Waals surface area contributed by atoms with Gasteiger partial charge in [-0.15, -0.1) is 11.3 Å². The predicted octanol–water partition coefficient (Wildman–Crippen LogP) is 3.74. The van der Waals surface area contributed by atoms with Crippen molar-refractivity contribution in [2.75, 3.05) is 0 Å². The number of ketones is 1. The molecular formula is C13H9BrN2OS. The van der Waals surface area contributed by atoms with Crippen LogP contribution in [0.3, 0.4) is 0 Å². The number of carbonyl (C=O) groups is 1. The van der Waals surface area contributed by atoms with Crippen LogP contribution in [-0.2, 0) is 6.54 Å². The fourth-order valence-electron chi connectivity index (χ4n) is 1.83. The Balaban J connectivity index is 1.90. The summed E-state index contributed by atoms with van der Waals surface area (Å²) >= 11 is 4.81. The fourth-order valence-corrected chi connectivity index (χ4v) is 3.15. The maximum atomic E-state index is 12.1. The lowest BCUT2D eigenvalue weighted by Crippen LogP contribution is -2.10. The number of hydrogen-bond donors (Lipinski definition) is 0. The average Bonchev–Trinajstić information content (AvgIpc) is 2.97. The molecule has 5 heteroatoms. The van der Waals surface area contributed by atoms with Crippen molar-refractivity contribution in [2.24, 2.45) is 0 Å². The Morgan fingerprint density at radius 2 is 2.11 bits per heavy atom. The quantitative estimate of drug-likeness (QED) is 0.689. The predicted molar refractivity (Wildman–Crippen MR) is 76.1 cm³/mol. The highest BCUT2D eigenvalue weighted by molar-refractivity contribution is 9.11. The van der Waals surface area contributed by atoms with Crippen LogP contribution in [0, 0.1) is 0 Å². The summed E-state index contributed by atoms with van der Waals surface area (Å²) in [6.07, 6.45) is 1.78. The number of para-hydroxylation sites is 1. The SMILES string of the molecule is O=C(Cn1ncc2ccccc21)c1ccc(Br)s1. The minimum absolute atomic E-state index is 0.0829. The van der Waals surface area contributed by atoms with Gasteiger partial charge in [-0.1, -0.05) is 18.2 Å². The second kappa shape index (κ2) is 4.66. The second-order valence-electron chi connectivity index (χ2n) is 3.89. The van der Waals surface area contributed by atoms with Crippen molar-refractivity contribution in [2.45, 2.75) is 6.54 Å². The lowest BCUT2D eigenvalue weighted by atomic mass is 10.2. The standard InChI is InChI=1S/C13H9BrN2OS/c14-13-6-5-12(18-13)11(17)8-16-10-4-2-1-3-9(10)7-15-16/h1-7H,8H2. The van der Waals surface area contributed by atoms with Gasteiger partial charge in [-0.25, -0.2) is 0 Å². The van der Waals surface area contributed by atoms with Gasteiger partial charge < -0.3 is 0 Å². The highest BCUT2D eigenvalue weighted by atomic mass is 79.9. The Bertz CT molecular complexity index is 716. The molecule has 3 nitrogen and oxygen atoms in total. The van der Waals surface area contributed by atoms with Crippen LogP contribution in [-0.4, -0.2) is 15.6 Å². The van der Waals surface area contributed by atoms with E-state index in [1.807, 2.05) is 36.4 Å². The monoisotopic (exact) mass is 320 g/mol. The number of fused-ring (bicyclic) bond motifs is 1. The van der Waals surface area contributed by atoms with Crippen LogP contribution in [0.15, 0.2) is 46.4 Å². The van der Waals surface area contributed by atoms with Gasteiger partial charge in [-0.2, -0.15) is 5.10 Å². The lowest BCUT2D eigenvalue weighted by molar-refractivity contribution is 0.0973. The molecule has 0 fully saturated rings. The first-order valence-corrected chi connectivity index (χ1v) is 7.04. The fraction of sp³-hybridized carbons (Fsp3) is 0.0769. The van der Waals surface area contributed by atoms with Gasteiger partial charge in [0.05, 0.1) is 20.4 Å². The molecule has 0 amide bonds. The van der Waals surface area contributed by atoms with Crippen molar-refractivity contribution in [3.63, 3.8) is 0 Å². The van der Waals surface area contributed by atoms with E-state index >= 15 is 0 Å². The lowest BCUT2D eigenvalue weighted by Gasteiger charge is -2.01. The first kappa shape index (κ1) is 11.6. The highest BCUT2D eigenvalue weighted by Gasteiger charge is 2.11. The van der Waals surface area contributed by atoms with Gasteiger partial charge in [-0.3, -0.25) is 9.48 Å². The number of nitrogens with zero attached hydrogens (tertiary/aromatic N) is 2. The zero-order valence-electron chi connectivity index (χ0n) is 9.34. The minimum atomic E-state index is 0.0829. The summed E-state index contributed by atoms with van der Waals surface area (Å²) in [5.74, 6) is 0.0829. The molecule has 0 atom stereocenters. The Labute approximate surface area is 116 Å². The van der Waals surface area contributed by atoms with E-state index in [-0.39, 0.29) is 12.3 Å². The highest BCUT2D eigenvalue weighted by Crippen LogP contribution is 2.23. The van der Waals surface area contributed by atoms with Crippen LogP contribution in [0.2, 0.25) is 0 Å². The van der Waals surface area contributed by atoms with E-state index in [1.165, 1.54) is 11.3 Å². The van der Waals surface area contributed by atoms with Crippen molar-refractivity contribution in [3.8, 4) is 0 Å². The van der Waals surface area contributed by atoms with E-state index in [1.54, 1.807) is 10.9 Å². The number of thiophene rings is 1. The number of rotatable bonds is 3. The maximum Gasteiger partial charge on any atom is 0.194 e. The van der Waals surface area contributed by atoms with Gasteiger partial charge in [0.25, 0.3) is 0 Å². The van der Waals surface area contributed by atoms with Crippen LogP contribution in [0.4, 0.5) is 0 Å². The van der Waals surface area contributed by atoms with Crippen LogP contribution in [0.25, 0.3) is 10.9 Å². The zero-order valence-corrected chi connectivity index (χ0v) is 11.7. The normalized spacial score (nSPS) is 10.9. The molecule has 0 saturated carbocycles. The summed E-state index contributed by atoms with van der Waals surface area (Å²) in [6.45, 7) is 0.278. The third-order valence-electron chi connectivity index (χ3n) is 2.69. The third kappa shape index (κ3) is 2.11. The minimum Gasteiger partial charge on any atom is -0.291 e. The molecule has 0 aliphatic rings. The van der Waals surface area contributed by atoms with Gasteiger partial charge in [0, 0.05) is 5.39 Å². The van der Waals surface area contributed by atoms with E-state index in [4.69, 9.17) is 0 Å². The van der Waals surface area contributed by atoms with Gasteiger partial charge in [0.15, 0.2) is 5.78 Å². The molecule has 0 aliphatic heterocycles. The van der Waals surface area contributed by atoms with Crippen LogP contribution in [0.1, 0.15) is 9.67 Å². The zero-order chi connectivity index (χ0) is 12.5. The summed E-state index contributed by atoms with van der Waals surface area (Å²) < 4.78 is 2.71. The number of aromatic nitrogens is 2. The van der Waals surface area contributed by atoms with Gasteiger partial charge >= 0.3 is 0 Å². The molecule has 0 aliphatic carbocycles. The van der Waals surface area contributed by atoms with E-state index < -0.39 is 0 Å². The molecule has 0 unspecified atom stereocenters. The van der Waals surface area contributed by atoms with Gasteiger partial charge in [0.1, 0.15) is 6.54 Å². The molecule has 0 bridgehead atoms. The van der Waals surface area contributed by atoms with Crippen molar-refractivity contribution in [1.82, 2.24) is 9.78 Å². The van der Waals surface area contributed by atoms with Crippen molar-refractivity contribution >= 4 is 44.0 Å². The molecule has 0 N–H and O–H groups in total. The van der Waals surface area contributed by atoms with E-state index in [0.717, 1.165) is 19.6 Å². The largest absolute Gasteiger partial charge is 0.291 e. The summed E-state index contributed by atoms with van der Waals surface area (Å²) in [6, 6.07) is 11.6. The molecular weight excluding hydrogens is 312 g/mol. The molecule has 1 aromatic carbocycles. The molecule has 3 aromatic rings. The molecule has 90 valence electrons. The van der Waals surface area contributed by atoms with E-state index in [9.17, 15) is 4.79 Å². The van der Waals surface area contributed by atoms with E-state index in [2.05, 4.69) is 21.0 Å². The summed E-state index contributed by atoms with van der Waals surface area (Å²) in [5.41, 5.74) is 0.987. The summed E-state index contributed by atoms with van der Waals surface area (Å²) in [7, 11) is 0. The van der Waals surface area contributed by atoms with Gasteiger partial charge in [0.2, 0.25) is 0 Å². The first-order valence-electron chi connectivity index (χ1n) is 5.43. The number of benzene rings is 1. The third-order valence-corrected chi connectivity index (χ3v) is 4.36. The van der Waals surface area contributed by atoms with Crippen LogP contribution in [0.5, 0.6) is 0 Å². The van der Waals surface area contributed by atoms with Crippen LogP contribution < -0.4 is 0 Å². The Morgan fingerprint density at radius 3 is 2.89 bits per heavy atom. The topological polar surface area (TPSA) is 34.9 Å². The number of carbonyl (C=O) groups excluding carboxylic acids is 1. The Morgan fingerprint density at radius 1 is 1.28 bits per heavy atom. The van der Waals surface area contributed by atoms with E-state index in [0.29, 0.717) is 0 Å². The molecule has 0 radical (unpaired) electrons. The molecule has 0 spiro atoms. The van der Waals surface area contributed by atoms with Crippen molar-refractivity contribution < 1.29 is 4.79 Å². The summed E-state index contributed by atoms with van der Waals surface area (Å²) in [5, 5.41) is 5.31. The van der Waals surface area contributed by atoms with Crippen LogP contribution >= 0.6 is 27.3 Å². The first-order chi connectivity index (χ1) is 8.74. The molecule has 18 heavy (non-hydrogen) atoms. The van der Waals surface area contributed by atoms with Crippen molar-refractivity contribution in [3.05, 3.63) is 51.3 Å². The molecule has 0 saturated heterocycles. The summed E-state index contributed by atoms with van der Waals surface area (Å²) in [4.78, 5) is 12.8.